The fourth-order valence-corrected chi connectivity index (χ4v) is 1.89. The number of nitrogens with two attached hydrogens (primary N) is 1. The van der Waals surface area contributed by atoms with E-state index in [1.54, 1.807) is 30.7 Å². The Kier molecular flexibility index (Phi) is 3.14. The average Bonchev–Trinajstić information content (AvgIpc) is 2.95. The molecule has 1 amide bonds. The summed E-state index contributed by atoms with van der Waals surface area (Å²) in [5, 5.41) is 2.80. The van der Waals surface area contributed by atoms with Crippen molar-refractivity contribution in [3.63, 3.8) is 0 Å². The average molecular weight is 267 g/mol. The van der Waals surface area contributed by atoms with E-state index in [1.807, 2.05) is 12.1 Å². The Bertz CT molecular complexity index is 748. The summed E-state index contributed by atoms with van der Waals surface area (Å²) < 4.78 is 0. The zero-order chi connectivity index (χ0) is 13.9. The minimum atomic E-state index is -0.257. The molecule has 0 fully saturated rings. The van der Waals surface area contributed by atoms with Crippen molar-refractivity contribution in [2.75, 3.05) is 5.32 Å². The molecule has 3 aromatic rings. The maximum atomic E-state index is 12.1. The number of fused-ring (bicyclic) bond motifs is 1. The quantitative estimate of drug-likeness (QED) is 0.672. The van der Waals surface area contributed by atoms with E-state index in [1.165, 1.54) is 0 Å². The van der Waals surface area contributed by atoms with Crippen LogP contribution in [0.25, 0.3) is 11.0 Å². The van der Waals surface area contributed by atoms with E-state index in [9.17, 15) is 4.79 Å². The molecular formula is C14H13N5O. The van der Waals surface area contributed by atoms with Gasteiger partial charge in [0.15, 0.2) is 0 Å². The summed E-state index contributed by atoms with van der Waals surface area (Å²) >= 11 is 0. The predicted molar refractivity (Wildman–Crippen MR) is 76.2 cm³/mol. The van der Waals surface area contributed by atoms with Gasteiger partial charge in [0, 0.05) is 18.4 Å². The molecule has 0 radical (unpaired) electrons. The molecule has 2 heterocycles. The van der Waals surface area contributed by atoms with E-state index in [0.29, 0.717) is 17.9 Å². The summed E-state index contributed by atoms with van der Waals surface area (Å²) in [5.41, 5.74) is 9.15. The molecule has 100 valence electrons. The SMILES string of the molecule is NCc1ccc(C(=O)Nc2ccc3nc[nH]c3c2)nc1. The van der Waals surface area contributed by atoms with Gasteiger partial charge in [0.25, 0.3) is 5.91 Å². The molecule has 6 heteroatoms. The third-order valence-electron chi connectivity index (χ3n) is 2.97. The lowest BCUT2D eigenvalue weighted by Crippen LogP contribution is -2.13. The number of pyridine rings is 1. The zero-order valence-electron chi connectivity index (χ0n) is 10.6. The van der Waals surface area contributed by atoms with E-state index in [0.717, 1.165) is 16.6 Å². The molecule has 0 unspecified atom stereocenters. The Morgan fingerprint density at radius 3 is 2.90 bits per heavy atom. The number of nitrogens with zero attached hydrogens (tertiary/aromatic N) is 2. The molecule has 4 N–H and O–H groups in total. The van der Waals surface area contributed by atoms with Gasteiger partial charge in [-0.3, -0.25) is 9.78 Å². The summed E-state index contributed by atoms with van der Waals surface area (Å²) in [5.74, 6) is -0.257. The Hall–Kier alpha value is -2.73. The second kappa shape index (κ2) is 5.10. The Morgan fingerprint density at radius 1 is 1.25 bits per heavy atom. The minimum Gasteiger partial charge on any atom is -0.345 e. The maximum Gasteiger partial charge on any atom is 0.274 e. The second-order valence-corrected chi connectivity index (χ2v) is 4.34. The van der Waals surface area contributed by atoms with Crippen LogP contribution in [0.3, 0.4) is 0 Å². The highest BCUT2D eigenvalue weighted by atomic mass is 16.1. The lowest BCUT2D eigenvalue weighted by molar-refractivity contribution is 0.102. The molecule has 3 rings (SSSR count). The fourth-order valence-electron chi connectivity index (χ4n) is 1.89. The van der Waals surface area contributed by atoms with Crippen LogP contribution >= 0.6 is 0 Å². The van der Waals surface area contributed by atoms with Gasteiger partial charge in [-0.1, -0.05) is 6.07 Å². The van der Waals surface area contributed by atoms with Crippen LogP contribution in [0.1, 0.15) is 16.1 Å². The maximum absolute atomic E-state index is 12.1. The lowest BCUT2D eigenvalue weighted by atomic mass is 10.2. The van der Waals surface area contributed by atoms with E-state index in [-0.39, 0.29) is 5.91 Å². The van der Waals surface area contributed by atoms with Gasteiger partial charge in [-0.2, -0.15) is 0 Å². The largest absolute Gasteiger partial charge is 0.345 e. The number of hydrogen-bond acceptors (Lipinski definition) is 4. The first-order valence-electron chi connectivity index (χ1n) is 6.16. The summed E-state index contributed by atoms with van der Waals surface area (Å²) in [7, 11) is 0. The van der Waals surface area contributed by atoms with Crippen molar-refractivity contribution in [1.82, 2.24) is 15.0 Å². The molecule has 0 saturated heterocycles. The molecule has 0 atom stereocenters. The Labute approximate surface area is 115 Å². The summed E-state index contributed by atoms with van der Waals surface area (Å²) in [6, 6.07) is 8.92. The number of anilines is 1. The molecule has 1 aromatic carbocycles. The number of amides is 1. The standard InChI is InChI=1S/C14H13N5O/c15-6-9-1-3-12(16-7-9)14(20)19-10-2-4-11-13(5-10)18-8-17-11/h1-5,7-8H,6,15H2,(H,17,18)(H,19,20). The highest BCUT2D eigenvalue weighted by molar-refractivity contribution is 6.03. The van der Waals surface area contributed by atoms with Crippen LogP contribution in [0.5, 0.6) is 0 Å². The monoisotopic (exact) mass is 267 g/mol. The first-order chi connectivity index (χ1) is 9.76. The first kappa shape index (κ1) is 12.3. The van der Waals surface area contributed by atoms with Crippen molar-refractivity contribution in [1.29, 1.82) is 0 Å². The molecule has 0 spiro atoms. The van der Waals surface area contributed by atoms with Gasteiger partial charge in [-0.05, 0) is 29.8 Å². The summed E-state index contributed by atoms with van der Waals surface area (Å²) in [6.07, 6.45) is 3.22. The lowest BCUT2D eigenvalue weighted by Gasteiger charge is -2.05. The summed E-state index contributed by atoms with van der Waals surface area (Å²) in [4.78, 5) is 23.3. The van der Waals surface area contributed by atoms with Gasteiger partial charge in [-0.25, -0.2) is 4.98 Å². The van der Waals surface area contributed by atoms with Crippen LogP contribution in [0.15, 0.2) is 42.9 Å². The minimum absolute atomic E-state index is 0.257. The molecule has 2 aromatic heterocycles. The molecule has 0 aliphatic rings. The first-order valence-corrected chi connectivity index (χ1v) is 6.16. The number of benzene rings is 1. The fraction of sp³-hybridized carbons (Fsp3) is 0.0714. The summed E-state index contributed by atoms with van der Waals surface area (Å²) in [6.45, 7) is 0.408. The van der Waals surface area contributed by atoms with Crippen molar-refractivity contribution in [2.24, 2.45) is 5.73 Å². The van der Waals surface area contributed by atoms with Crippen molar-refractivity contribution < 1.29 is 4.79 Å². The highest BCUT2D eigenvalue weighted by Crippen LogP contribution is 2.16. The number of aromatic nitrogens is 3. The number of imidazole rings is 1. The van der Waals surface area contributed by atoms with Crippen LogP contribution in [-0.2, 0) is 6.54 Å². The van der Waals surface area contributed by atoms with Gasteiger partial charge >= 0.3 is 0 Å². The number of aromatic amines is 1. The number of nitrogens with one attached hydrogen (secondary N) is 2. The van der Waals surface area contributed by atoms with Crippen LogP contribution < -0.4 is 11.1 Å². The number of carbonyl (C=O) groups excluding carboxylic acids is 1. The number of carbonyl (C=O) groups is 1. The van der Waals surface area contributed by atoms with Gasteiger partial charge in [0.1, 0.15) is 5.69 Å². The van der Waals surface area contributed by atoms with Gasteiger partial charge in [0.2, 0.25) is 0 Å². The zero-order valence-corrected chi connectivity index (χ0v) is 10.6. The highest BCUT2D eigenvalue weighted by Gasteiger charge is 2.08. The normalized spacial score (nSPS) is 10.7. The number of H-pyrrole nitrogens is 1. The van der Waals surface area contributed by atoms with Gasteiger partial charge in [-0.15, -0.1) is 0 Å². The number of rotatable bonds is 3. The topological polar surface area (TPSA) is 96.7 Å². The van der Waals surface area contributed by atoms with Crippen LogP contribution in [0, 0.1) is 0 Å². The molecule has 0 saturated carbocycles. The van der Waals surface area contributed by atoms with Crippen molar-refractivity contribution in [3.8, 4) is 0 Å². The molecule has 0 aliphatic carbocycles. The second-order valence-electron chi connectivity index (χ2n) is 4.34. The predicted octanol–water partition coefficient (Wildman–Crippen LogP) is 1.67. The molecule has 20 heavy (non-hydrogen) atoms. The Morgan fingerprint density at radius 2 is 2.15 bits per heavy atom. The van der Waals surface area contributed by atoms with Crippen molar-refractivity contribution in [2.45, 2.75) is 6.54 Å². The third kappa shape index (κ3) is 2.36. The van der Waals surface area contributed by atoms with Crippen molar-refractivity contribution >= 4 is 22.6 Å². The van der Waals surface area contributed by atoms with Gasteiger partial charge in [0.05, 0.1) is 17.4 Å². The van der Waals surface area contributed by atoms with E-state index in [2.05, 4.69) is 20.3 Å². The van der Waals surface area contributed by atoms with Crippen LogP contribution in [0.2, 0.25) is 0 Å². The van der Waals surface area contributed by atoms with Crippen molar-refractivity contribution in [3.05, 3.63) is 54.1 Å². The van der Waals surface area contributed by atoms with E-state index < -0.39 is 0 Å². The number of hydrogen-bond donors (Lipinski definition) is 3. The van der Waals surface area contributed by atoms with E-state index in [4.69, 9.17) is 5.73 Å². The smallest absolute Gasteiger partial charge is 0.274 e. The van der Waals surface area contributed by atoms with E-state index >= 15 is 0 Å². The van der Waals surface area contributed by atoms with Crippen LogP contribution in [0.4, 0.5) is 5.69 Å². The Balaban J connectivity index is 1.80. The molecular weight excluding hydrogens is 254 g/mol. The molecule has 0 aliphatic heterocycles. The molecule has 0 bridgehead atoms. The molecule has 6 nitrogen and oxygen atoms in total. The third-order valence-corrected chi connectivity index (χ3v) is 2.97. The van der Waals surface area contributed by atoms with Crippen LogP contribution in [-0.4, -0.2) is 20.9 Å². The van der Waals surface area contributed by atoms with Gasteiger partial charge < -0.3 is 16.0 Å².